The Kier molecular flexibility index (Phi) is 7.01. The van der Waals surface area contributed by atoms with Gasteiger partial charge in [-0.15, -0.1) is 0 Å². The minimum absolute atomic E-state index is 0.0214. The summed E-state index contributed by atoms with van der Waals surface area (Å²) in [4.78, 5) is 25.6. The van der Waals surface area contributed by atoms with Crippen LogP contribution in [-0.4, -0.2) is 47.6 Å². The first-order chi connectivity index (χ1) is 12.8. The number of carbonyl (C=O) groups excluding carboxylic acids is 2. The number of carbonyl (C=O) groups is 2. The lowest BCUT2D eigenvalue weighted by Crippen LogP contribution is -2.46. The summed E-state index contributed by atoms with van der Waals surface area (Å²) < 4.78 is 39.3. The Morgan fingerprint density at radius 1 is 1.37 bits per heavy atom. The quantitative estimate of drug-likeness (QED) is 0.708. The molecule has 0 aliphatic carbocycles. The number of halogens is 3. The topological polar surface area (TPSA) is 69.6 Å². The van der Waals surface area contributed by atoms with Crippen molar-refractivity contribution in [1.82, 2.24) is 10.2 Å². The van der Waals surface area contributed by atoms with Crippen molar-refractivity contribution in [2.24, 2.45) is 5.92 Å². The molecule has 1 aliphatic rings. The van der Waals surface area contributed by atoms with Crippen LogP contribution in [0.5, 0.6) is 0 Å². The smallest absolute Gasteiger partial charge is 0.396 e. The number of likely N-dealkylation sites (tertiary alicyclic amines) is 1. The molecule has 1 aromatic carbocycles. The van der Waals surface area contributed by atoms with Gasteiger partial charge < -0.3 is 15.3 Å². The van der Waals surface area contributed by atoms with Crippen LogP contribution in [-0.2, 0) is 22.2 Å². The molecule has 27 heavy (non-hydrogen) atoms. The van der Waals surface area contributed by atoms with Gasteiger partial charge in [0.15, 0.2) is 0 Å². The van der Waals surface area contributed by atoms with Crippen molar-refractivity contribution in [2.75, 3.05) is 19.7 Å². The monoisotopic (exact) mass is 384 g/mol. The van der Waals surface area contributed by atoms with Gasteiger partial charge in [-0.3, -0.25) is 9.59 Å². The molecule has 1 fully saturated rings. The molecule has 1 heterocycles. The predicted octanol–water partition coefficient (Wildman–Crippen LogP) is 2.15. The first-order valence-corrected chi connectivity index (χ1v) is 8.74. The second-order valence-electron chi connectivity index (χ2n) is 6.55. The van der Waals surface area contributed by atoms with Gasteiger partial charge >= 0.3 is 6.18 Å². The molecule has 5 nitrogen and oxygen atoms in total. The highest BCUT2D eigenvalue weighted by Crippen LogP contribution is 2.32. The van der Waals surface area contributed by atoms with Crippen LogP contribution in [0.15, 0.2) is 36.9 Å². The second-order valence-corrected chi connectivity index (χ2v) is 6.55. The maximum atomic E-state index is 13.1. The molecule has 0 saturated carbocycles. The van der Waals surface area contributed by atoms with E-state index in [1.54, 1.807) is 0 Å². The van der Waals surface area contributed by atoms with Crippen molar-refractivity contribution < 1.29 is 27.9 Å². The molecule has 0 radical (unpaired) electrons. The van der Waals surface area contributed by atoms with E-state index in [0.29, 0.717) is 19.4 Å². The molecule has 2 rings (SSSR count). The number of rotatable bonds is 7. The highest BCUT2D eigenvalue weighted by molar-refractivity contribution is 5.93. The zero-order valence-corrected chi connectivity index (χ0v) is 14.8. The van der Waals surface area contributed by atoms with Crippen molar-refractivity contribution in [3.63, 3.8) is 0 Å². The molecule has 2 unspecified atom stereocenters. The Labute approximate surface area is 155 Å². The standard InChI is InChI=1S/C19H23F3N2O3/c1-2-17(26)24-9-5-8-16(24)18(27)23-11-13(12-25)10-14-6-3-4-7-15(14)19(20,21)22/h2-4,6-7,13,16,25H,1,5,8-12H2,(H,23,27). The second kappa shape index (κ2) is 9.03. The highest BCUT2D eigenvalue weighted by Gasteiger charge is 2.34. The van der Waals surface area contributed by atoms with Crippen molar-refractivity contribution >= 4 is 11.8 Å². The molecule has 0 spiro atoms. The van der Waals surface area contributed by atoms with Crippen molar-refractivity contribution in [2.45, 2.75) is 31.5 Å². The number of benzene rings is 1. The third-order valence-electron chi connectivity index (χ3n) is 4.67. The maximum absolute atomic E-state index is 13.1. The van der Waals surface area contributed by atoms with Crippen LogP contribution in [0.4, 0.5) is 13.2 Å². The van der Waals surface area contributed by atoms with Gasteiger partial charge in [-0.2, -0.15) is 13.2 Å². The Morgan fingerprint density at radius 2 is 2.07 bits per heavy atom. The van der Waals surface area contributed by atoms with E-state index in [9.17, 15) is 27.9 Å². The molecule has 2 N–H and O–H groups in total. The fourth-order valence-electron chi connectivity index (χ4n) is 3.27. The van der Waals surface area contributed by atoms with Gasteiger partial charge in [0.05, 0.1) is 5.56 Å². The molecule has 1 aromatic rings. The summed E-state index contributed by atoms with van der Waals surface area (Å²) in [6.07, 6.45) is -2.13. The minimum Gasteiger partial charge on any atom is -0.396 e. The third-order valence-corrected chi connectivity index (χ3v) is 4.67. The number of amides is 2. The molecule has 0 aromatic heterocycles. The molecule has 0 bridgehead atoms. The zero-order chi connectivity index (χ0) is 20.0. The number of hydrogen-bond acceptors (Lipinski definition) is 3. The van der Waals surface area contributed by atoms with Crippen molar-refractivity contribution in [3.05, 3.63) is 48.0 Å². The van der Waals surface area contributed by atoms with Crippen LogP contribution in [0.2, 0.25) is 0 Å². The summed E-state index contributed by atoms with van der Waals surface area (Å²) in [6, 6.07) is 4.58. The Morgan fingerprint density at radius 3 is 2.70 bits per heavy atom. The molecule has 1 saturated heterocycles. The van der Waals surface area contributed by atoms with E-state index in [0.717, 1.165) is 12.1 Å². The molecule has 2 atom stereocenters. The molecular weight excluding hydrogens is 361 g/mol. The Balaban J connectivity index is 1.99. The van der Waals surface area contributed by atoms with Crippen LogP contribution in [0.1, 0.15) is 24.0 Å². The van der Waals surface area contributed by atoms with E-state index >= 15 is 0 Å². The highest BCUT2D eigenvalue weighted by atomic mass is 19.4. The molecular formula is C19H23F3N2O3. The average Bonchev–Trinajstić information content (AvgIpc) is 3.13. The van der Waals surface area contributed by atoms with Crippen LogP contribution in [0.3, 0.4) is 0 Å². The molecule has 1 aliphatic heterocycles. The van der Waals surface area contributed by atoms with Crippen LogP contribution >= 0.6 is 0 Å². The third kappa shape index (κ3) is 5.32. The van der Waals surface area contributed by atoms with Gasteiger partial charge in [0.25, 0.3) is 0 Å². The first kappa shape index (κ1) is 21.0. The van der Waals surface area contributed by atoms with E-state index in [1.807, 2.05) is 0 Å². The zero-order valence-electron chi connectivity index (χ0n) is 14.8. The normalized spacial score (nSPS) is 18.2. The fourth-order valence-corrected chi connectivity index (χ4v) is 3.27. The van der Waals surface area contributed by atoms with Crippen LogP contribution in [0.25, 0.3) is 0 Å². The maximum Gasteiger partial charge on any atom is 0.416 e. The number of aliphatic hydroxyl groups is 1. The number of nitrogens with one attached hydrogen (secondary N) is 1. The lowest BCUT2D eigenvalue weighted by atomic mass is 9.95. The largest absolute Gasteiger partial charge is 0.416 e. The van der Waals surface area contributed by atoms with Crippen LogP contribution < -0.4 is 5.32 Å². The fraction of sp³-hybridized carbons (Fsp3) is 0.474. The Bertz CT molecular complexity index is 691. The molecule has 148 valence electrons. The van der Waals surface area contributed by atoms with Gasteiger partial charge in [0.2, 0.25) is 11.8 Å². The summed E-state index contributed by atoms with van der Waals surface area (Å²) >= 11 is 0. The molecule has 2 amide bonds. The van der Waals surface area contributed by atoms with Gasteiger partial charge in [0, 0.05) is 25.6 Å². The summed E-state index contributed by atoms with van der Waals surface area (Å²) in [7, 11) is 0. The van der Waals surface area contributed by atoms with Gasteiger partial charge in [-0.05, 0) is 37.0 Å². The van der Waals surface area contributed by atoms with E-state index in [4.69, 9.17) is 0 Å². The van der Waals surface area contributed by atoms with Crippen molar-refractivity contribution in [3.8, 4) is 0 Å². The van der Waals surface area contributed by atoms with Crippen LogP contribution in [0, 0.1) is 5.92 Å². The van der Waals surface area contributed by atoms with E-state index in [2.05, 4.69) is 11.9 Å². The Hall–Kier alpha value is -2.35. The summed E-state index contributed by atoms with van der Waals surface area (Å²) in [5, 5.41) is 12.2. The van der Waals surface area contributed by atoms with Crippen molar-refractivity contribution in [1.29, 1.82) is 0 Å². The summed E-state index contributed by atoms with van der Waals surface area (Å²) in [5.74, 6) is -1.27. The summed E-state index contributed by atoms with van der Waals surface area (Å²) in [6.45, 7) is 3.53. The van der Waals surface area contributed by atoms with E-state index in [-0.39, 0.29) is 37.0 Å². The number of alkyl halides is 3. The lowest BCUT2D eigenvalue weighted by molar-refractivity contribution is -0.138. The number of aliphatic hydroxyl groups excluding tert-OH is 1. The number of hydrogen-bond donors (Lipinski definition) is 2. The van der Waals surface area contributed by atoms with Gasteiger partial charge in [-0.25, -0.2) is 0 Å². The van der Waals surface area contributed by atoms with Gasteiger partial charge in [0.1, 0.15) is 6.04 Å². The average molecular weight is 384 g/mol. The van der Waals surface area contributed by atoms with E-state index < -0.39 is 23.7 Å². The summed E-state index contributed by atoms with van der Waals surface area (Å²) in [5.41, 5.74) is -0.670. The minimum atomic E-state index is -4.48. The SMILES string of the molecule is C=CC(=O)N1CCCC1C(=O)NCC(CO)Cc1ccccc1C(F)(F)F. The lowest BCUT2D eigenvalue weighted by Gasteiger charge is -2.24. The molecule has 8 heteroatoms. The van der Waals surface area contributed by atoms with E-state index in [1.165, 1.54) is 23.1 Å². The first-order valence-electron chi connectivity index (χ1n) is 8.74. The van der Waals surface area contributed by atoms with Gasteiger partial charge in [-0.1, -0.05) is 24.8 Å². The number of nitrogens with zero attached hydrogens (tertiary/aromatic N) is 1. The predicted molar refractivity (Wildman–Crippen MR) is 93.7 cm³/mol.